The van der Waals surface area contributed by atoms with Crippen LogP contribution in [0.4, 0.5) is 4.79 Å². The summed E-state index contributed by atoms with van der Waals surface area (Å²) in [6.45, 7) is -0.148. The number of fused-ring (bicyclic) bond motifs is 5. The van der Waals surface area contributed by atoms with Crippen molar-refractivity contribution >= 4 is 28.0 Å². The predicted molar refractivity (Wildman–Crippen MR) is 139 cm³/mol. The van der Waals surface area contributed by atoms with Gasteiger partial charge in [-0.15, -0.1) is 0 Å². The van der Waals surface area contributed by atoms with Gasteiger partial charge in [0.1, 0.15) is 29.2 Å². The lowest BCUT2D eigenvalue weighted by molar-refractivity contribution is -0.159. The van der Waals surface area contributed by atoms with E-state index in [1.54, 1.807) is 0 Å². The summed E-state index contributed by atoms with van der Waals surface area (Å²) in [5, 5.41) is 9.33. The molecule has 37 heavy (non-hydrogen) atoms. The van der Waals surface area contributed by atoms with Crippen LogP contribution in [0.1, 0.15) is 48.6 Å². The van der Waals surface area contributed by atoms with E-state index < -0.39 is 18.2 Å². The number of benzene rings is 2. The third-order valence-corrected chi connectivity index (χ3v) is 8.41. The zero-order chi connectivity index (χ0) is 25.7. The number of imidazole rings is 1. The molecule has 0 radical (unpaired) electrons. The fourth-order valence-corrected chi connectivity index (χ4v) is 7.07. The molecule has 3 heterocycles. The Hall–Kier alpha value is -3.17. The van der Waals surface area contributed by atoms with Crippen LogP contribution in [0.25, 0.3) is 11.1 Å². The monoisotopic (exact) mass is 565 g/mol. The minimum atomic E-state index is -1.03. The summed E-state index contributed by atoms with van der Waals surface area (Å²) in [5.41, 5.74) is 3.86. The molecular formula is C28H28BrN3O5. The summed E-state index contributed by atoms with van der Waals surface area (Å²) >= 11 is 3.42. The Bertz CT molecular complexity index is 1310. The maximum atomic E-state index is 13.5. The standard InChI is InChI=1S/C28H28BrN3O5/c1-31-14-24(29)30-26(31)28(37-16-25(33)34)12-17-10-11-18(13-28)32(17)27(35)36-15-23-21-8-4-2-6-19(21)20-7-3-5-9-22(20)23/h2-9,14,17-18,23H,10-13,15-16H2,1H3,(H,33,34). The van der Waals surface area contributed by atoms with Gasteiger partial charge in [-0.3, -0.25) is 0 Å². The fraction of sp³-hybridized carbons (Fsp3) is 0.393. The molecule has 8 nitrogen and oxygen atoms in total. The van der Waals surface area contributed by atoms with Crippen LogP contribution in [0.5, 0.6) is 0 Å². The number of rotatable bonds is 6. The summed E-state index contributed by atoms with van der Waals surface area (Å²) in [6, 6.07) is 16.4. The van der Waals surface area contributed by atoms with Crippen molar-refractivity contribution in [3.05, 3.63) is 76.3 Å². The first kappa shape index (κ1) is 24.2. The van der Waals surface area contributed by atoms with Gasteiger partial charge < -0.3 is 24.0 Å². The number of ether oxygens (including phenoxy) is 2. The van der Waals surface area contributed by atoms with Crippen LogP contribution < -0.4 is 0 Å². The van der Waals surface area contributed by atoms with E-state index in [2.05, 4.69) is 45.2 Å². The van der Waals surface area contributed by atoms with Crippen molar-refractivity contribution < 1.29 is 24.2 Å². The fourth-order valence-electron chi connectivity index (χ4n) is 6.59. The average molecular weight is 566 g/mol. The molecule has 0 spiro atoms. The van der Waals surface area contributed by atoms with Crippen LogP contribution in [0, 0.1) is 0 Å². The molecule has 6 rings (SSSR count). The largest absolute Gasteiger partial charge is 0.480 e. The van der Waals surface area contributed by atoms with E-state index in [4.69, 9.17) is 9.47 Å². The van der Waals surface area contributed by atoms with Gasteiger partial charge in [0.15, 0.2) is 0 Å². The van der Waals surface area contributed by atoms with Gasteiger partial charge >= 0.3 is 12.1 Å². The third-order valence-electron chi connectivity index (χ3n) is 8.02. The minimum Gasteiger partial charge on any atom is -0.480 e. The van der Waals surface area contributed by atoms with Crippen molar-refractivity contribution in [2.24, 2.45) is 7.05 Å². The van der Waals surface area contributed by atoms with Gasteiger partial charge in [-0.25, -0.2) is 14.6 Å². The van der Waals surface area contributed by atoms with Crippen molar-refractivity contribution in [3.63, 3.8) is 0 Å². The number of amides is 1. The van der Waals surface area contributed by atoms with Crippen molar-refractivity contribution in [1.82, 2.24) is 14.5 Å². The highest BCUT2D eigenvalue weighted by Crippen LogP contribution is 2.49. The van der Waals surface area contributed by atoms with E-state index in [9.17, 15) is 14.7 Å². The molecule has 1 aliphatic carbocycles. The summed E-state index contributed by atoms with van der Waals surface area (Å²) in [7, 11) is 1.87. The van der Waals surface area contributed by atoms with Gasteiger partial charge in [0.2, 0.25) is 0 Å². The first-order valence-electron chi connectivity index (χ1n) is 12.5. The zero-order valence-corrected chi connectivity index (χ0v) is 22.1. The van der Waals surface area contributed by atoms with Gasteiger partial charge in [0.05, 0.1) is 0 Å². The van der Waals surface area contributed by atoms with E-state index in [1.807, 2.05) is 47.0 Å². The Morgan fingerprint density at radius 3 is 2.19 bits per heavy atom. The Morgan fingerprint density at radius 1 is 1.05 bits per heavy atom. The Kier molecular flexibility index (Phi) is 6.07. The number of carbonyl (C=O) groups is 2. The molecule has 0 saturated carbocycles. The van der Waals surface area contributed by atoms with Crippen molar-refractivity contribution in [1.29, 1.82) is 0 Å². The first-order chi connectivity index (χ1) is 17.9. The molecule has 2 atom stereocenters. The maximum absolute atomic E-state index is 13.5. The number of piperidine rings is 1. The highest BCUT2D eigenvalue weighted by atomic mass is 79.9. The molecule has 2 unspecified atom stereocenters. The van der Waals surface area contributed by atoms with E-state index in [1.165, 1.54) is 22.3 Å². The second-order valence-electron chi connectivity index (χ2n) is 10.2. The Labute approximate surface area is 223 Å². The molecule has 9 heteroatoms. The summed E-state index contributed by atoms with van der Waals surface area (Å²) in [4.78, 5) is 31.3. The minimum absolute atomic E-state index is 0.00158. The van der Waals surface area contributed by atoms with Crippen molar-refractivity contribution in [2.75, 3.05) is 13.2 Å². The normalized spacial score (nSPS) is 24.1. The second kappa shape index (κ2) is 9.29. The van der Waals surface area contributed by atoms with Crippen molar-refractivity contribution in [2.45, 2.75) is 49.3 Å². The Balaban J connectivity index is 1.21. The van der Waals surface area contributed by atoms with Crippen LogP contribution in [0.15, 0.2) is 59.3 Å². The smallest absolute Gasteiger partial charge is 0.410 e. The number of carbonyl (C=O) groups excluding carboxylic acids is 1. The SMILES string of the molecule is Cn1cc(Br)nc1C1(OCC(=O)O)CC2CCC(C1)N2C(=O)OCC1c2ccccc2-c2ccccc21. The molecular weight excluding hydrogens is 538 g/mol. The number of nitrogens with zero attached hydrogens (tertiary/aromatic N) is 3. The van der Waals surface area contributed by atoms with E-state index in [0.717, 1.165) is 12.8 Å². The summed E-state index contributed by atoms with van der Waals surface area (Å²) < 4.78 is 14.6. The molecule has 2 aromatic carbocycles. The quantitative estimate of drug-likeness (QED) is 0.449. The van der Waals surface area contributed by atoms with Gasteiger partial charge in [0, 0.05) is 44.1 Å². The summed E-state index contributed by atoms with van der Waals surface area (Å²) in [6.07, 6.45) is 4.09. The zero-order valence-electron chi connectivity index (χ0n) is 20.5. The molecule has 1 N–H and O–H groups in total. The van der Waals surface area contributed by atoms with Crippen LogP contribution in [0.3, 0.4) is 0 Å². The van der Waals surface area contributed by atoms with Crippen LogP contribution in [-0.2, 0) is 26.9 Å². The molecule has 3 aromatic rings. The number of hydrogen-bond donors (Lipinski definition) is 1. The molecule has 2 fully saturated rings. The lowest BCUT2D eigenvalue weighted by Gasteiger charge is -2.45. The van der Waals surface area contributed by atoms with Gasteiger partial charge in [-0.05, 0) is 51.0 Å². The summed E-state index contributed by atoms with van der Waals surface area (Å²) in [5.74, 6) is -0.356. The van der Waals surface area contributed by atoms with Gasteiger partial charge in [-0.2, -0.15) is 0 Å². The highest BCUT2D eigenvalue weighted by molar-refractivity contribution is 9.10. The highest BCUT2D eigenvalue weighted by Gasteiger charge is 2.54. The third kappa shape index (κ3) is 4.14. The van der Waals surface area contributed by atoms with Crippen LogP contribution in [-0.4, -0.2) is 56.9 Å². The van der Waals surface area contributed by atoms with Gasteiger partial charge in [0.25, 0.3) is 0 Å². The molecule has 1 amide bonds. The van der Waals surface area contributed by atoms with E-state index in [0.29, 0.717) is 23.3 Å². The number of aliphatic carboxylic acids is 1. The topological polar surface area (TPSA) is 93.9 Å². The number of aromatic nitrogens is 2. The van der Waals surface area contributed by atoms with Crippen molar-refractivity contribution in [3.8, 4) is 11.1 Å². The number of carboxylic acids is 1. The Morgan fingerprint density at radius 2 is 1.65 bits per heavy atom. The van der Waals surface area contributed by atoms with Gasteiger partial charge in [-0.1, -0.05) is 48.5 Å². The second-order valence-corrected chi connectivity index (χ2v) is 11.0. The lowest BCUT2D eigenvalue weighted by Crippen LogP contribution is -2.54. The number of hydrogen-bond acceptors (Lipinski definition) is 5. The lowest BCUT2D eigenvalue weighted by atomic mass is 9.85. The van der Waals surface area contributed by atoms with E-state index in [-0.39, 0.29) is 30.7 Å². The molecule has 192 valence electrons. The average Bonchev–Trinajstić information content (AvgIpc) is 3.50. The maximum Gasteiger partial charge on any atom is 0.410 e. The molecule has 1 aromatic heterocycles. The predicted octanol–water partition coefficient (Wildman–Crippen LogP) is 5.06. The number of aryl methyl sites for hydroxylation is 1. The number of carboxylic acid groups (broad SMARTS) is 1. The molecule has 3 aliphatic rings. The van der Waals surface area contributed by atoms with E-state index >= 15 is 0 Å². The first-order valence-corrected chi connectivity index (χ1v) is 13.3. The molecule has 2 aliphatic heterocycles. The number of halogens is 1. The van der Waals surface area contributed by atoms with Crippen LogP contribution >= 0.6 is 15.9 Å². The molecule has 2 saturated heterocycles. The van der Waals surface area contributed by atoms with Crippen LogP contribution in [0.2, 0.25) is 0 Å². The molecule has 2 bridgehead atoms.